The number of rotatable bonds is 4. The molecule has 2 fully saturated rings. The van der Waals surface area contributed by atoms with E-state index in [-0.39, 0.29) is 17.4 Å². The van der Waals surface area contributed by atoms with Crippen LogP contribution in [0.4, 0.5) is 0 Å². The number of hydrogen-bond donors (Lipinski definition) is 2. The Balaban J connectivity index is 1.55. The van der Waals surface area contributed by atoms with Crippen molar-refractivity contribution in [3.8, 4) is 0 Å². The molecule has 0 radical (unpaired) electrons. The second-order valence-electron chi connectivity index (χ2n) is 7.89. The Labute approximate surface area is 150 Å². The van der Waals surface area contributed by atoms with E-state index in [1.807, 2.05) is 4.90 Å². The van der Waals surface area contributed by atoms with E-state index in [0.29, 0.717) is 13.1 Å². The molecule has 2 aliphatic rings. The topological polar surface area (TPSA) is 69.8 Å². The van der Waals surface area contributed by atoms with E-state index in [9.17, 15) is 9.90 Å². The lowest BCUT2D eigenvalue weighted by Crippen LogP contribution is -2.54. The number of amides is 1. The van der Waals surface area contributed by atoms with E-state index in [0.717, 1.165) is 51.9 Å². The first-order valence-corrected chi connectivity index (χ1v) is 9.43. The Morgan fingerprint density at radius 3 is 2.48 bits per heavy atom. The van der Waals surface area contributed by atoms with Crippen LogP contribution in [0.2, 0.25) is 0 Å². The molecule has 1 atom stereocenters. The second-order valence-corrected chi connectivity index (χ2v) is 7.89. The van der Waals surface area contributed by atoms with E-state index in [2.05, 4.69) is 29.2 Å². The molecule has 5 heteroatoms. The number of hydrogen-bond acceptors (Lipinski definition) is 4. The Kier molecular flexibility index (Phi) is 5.77. The van der Waals surface area contributed by atoms with Crippen molar-refractivity contribution in [1.29, 1.82) is 0 Å². The van der Waals surface area contributed by atoms with Gasteiger partial charge >= 0.3 is 0 Å². The minimum atomic E-state index is -0.376. The second kappa shape index (κ2) is 7.85. The third-order valence-electron chi connectivity index (χ3n) is 5.85. The van der Waals surface area contributed by atoms with Crippen molar-refractivity contribution < 1.29 is 9.90 Å². The van der Waals surface area contributed by atoms with Crippen molar-refractivity contribution in [3.05, 3.63) is 35.4 Å². The first-order chi connectivity index (χ1) is 12.0. The maximum absolute atomic E-state index is 11.7. The van der Waals surface area contributed by atoms with Crippen LogP contribution in [0, 0.1) is 5.41 Å². The molecule has 0 bridgehead atoms. The Bertz CT molecular complexity index is 579. The van der Waals surface area contributed by atoms with Gasteiger partial charge in [-0.15, -0.1) is 0 Å². The van der Waals surface area contributed by atoms with Gasteiger partial charge in [-0.25, -0.2) is 0 Å². The summed E-state index contributed by atoms with van der Waals surface area (Å²) in [6, 6.07) is 8.76. The summed E-state index contributed by atoms with van der Waals surface area (Å²) in [5.74, 6) is 0.0816. The highest BCUT2D eigenvalue weighted by atomic mass is 16.3. The SMILES string of the molecule is CC(=O)N1CC(O)CC2(CCN(Cc3ccc(CCN)cc3)CC2)C1. The van der Waals surface area contributed by atoms with E-state index in [4.69, 9.17) is 5.73 Å². The number of β-amino-alcohol motifs (C(OH)–C–C–N with tert-alkyl or cyclic N) is 1. The van der Waals surface area contributed by atoms with Crippen molar-refractivity contribution in [2.24, 2.45) is 11.1 Å². The molecule has 2 saturated heterocycles. The number of aliphatic hydroxyl groups is 1. The summed E-state index contributed by atoms with van der Waals surface area (Å²) in [6.07, 6.45) is 3.50. The van der Waals surface area contributed by atoms with Gasteiger partial charge < -0.3 is 15.7 Å². The number of piperidine rings is 2. The van der Waals surface area contributed by atoms with Gasteiger partial charge in [0, 0.05) is 26.6 Å². The summed E-state index contributed by atoms with van der Waals surface area (Å²) in [5.41, 5.74) is 8.34. The van der Waals surface area contributed by atoms with Gasteiger partial charge in [0.1, 0.15) is 0 Å². The molecule has 2 aliphatic heterocycles. The average Bonchev–Trinajstić information content (AvgIpc) is 2.58. The Morgan fingerprint density at radius 2 is 1.88 bits per heavy atom. The maximum atomic E-state index is 11.7. The fourth-order valence-corrected chi connectivity index (χ4v) is 4.38. The standard InChI is InChI=1S/C20H31N3O2/c1-16(24)23-14-19(25)12-20(15-23)7-10-22(11-8-20)13-18-4-2-17(3-5-18)6-9-21/h2-5,19,25H,6-15,21H2,1H3. The van der Waals surface area contributed by atoms with Gasteiger partial charge in [-0.3, -0.25) is 9.69 Å². The van der Waals surface area contributed by atoms with E-state index >= 15 is 0 Å². The largest absolute Gasteiger partial charge is 0.391 e. The van der Waals surface area contributed by atoms with Crippen molar-refractivity contribution in [1.82, 2.24) is 9.80 Å². The number of likely N-dealkylation sites (tertiary alicyclic amines) is 2. The lowest BCUT2D eigenvalue weighted by molar-refractivity contribution is -0.138. The highest BCUT2D eigenvalue weighted by molar-refractivity contribution is 5.73. The van der Waals surface area contributed by atoms with Crippen LogP contribution >= 0.6 is 0 Å². The number of nitrogens with two attached hydrogens (primary N) is 1. The van der Waals surface area contributed by atoms with Gasteiger partial charge in [0.25, 0.3) is 0 Å². The summed E-state index contributed by atoms with van der Waals surface area (Å²) in [6.45, 7) is 6.63. The van der Waals surface area contributed by atoms with Crippen molar-refractivity contribution >= 4 is 5.91 Å². The van der Waals surface area contributed by atoms with Crippen LogP contribution in [0.3, 0.4) is 0 Å². The molecule has 1 amide bonds. The fraction of sp³-hybridized carbons (Fsp3) is 0.650. The molecular weight excluding hydrogens is 314 g/mol. The molecule has 5 nitrogen and oxygen atoms in total. The summed E-state index contributed by atoms with van der Waals surface area (Å²) >= 11 is 0. The summed E-state index contributed by atoms with van der Waals surface area (Å²) < 4.78 is 0. The van der Waals surface area contributed by atoms with Crippen LogP contribution in [-0.2, 0) is 17.8 Å². The zero-order valence-electron chi connectivity index (χ0n) is 15.3. The van der Waals surface area contributed by atoms with Crippen LogP contribution in [0.5, 0.6) is 0 Å². The van der Waals surface area contributed by atoms with Gasteiger partial charge in [0.15, 0.2) is 0 Å². The molecule has 1 unspecified atom stereocenters. The molecule has 1 aromatic carbocycles. The average molecular weight is 345 g/mol. The number of carbonyl (C=O) groups is 1. The Morgan fingerprint density at radius 1 is 1.24 bits per heavy atom. The molecule has 138 valence electrons. The zero-order valence-corrected chi connectivity index (χ0v) is 15.3. The predicted octanol–water partition coefficient (Wildman–Crippen LogP) is 1.38. The van der Waals surface area contributed by atoms with Crippen molar-refractivity contribution in [2.45, 2.75) is 45.3 Å². The summed E-state index contributed by atoms with van der Waals surface area (Å²) in [5, 5.41) is 10.2. The first kappa shape index (κ1) is 18.4. The number of aliphatic hydroxyl groups excluding tert-OH is 1. The van der Waals surface area contributed by atoms with Crippen molar-refractivity contribution in [2.75, 3.05) is 32.7 Å². The third kappa shape index (κ3) is 4.60. The number of benzene rings is 1. The maximum Gasteiger partial charge on any atom is 0.219 e. The quantitative estimate of drug-likeness (QED) is 0.865. The van der Waals surface area contributed by atoms with Gasteiger partial charge in [-0.05, 0) is 61.9 Å². The Hall–Kier alpha value is -1.43. The third-order valence-corrected chi connectivity index (χ3v) is 5.85. The van der Waals surface area contributed by atoms with Crippen LogP contribution in [0.15, 0.2) is 24.3 Å². The molecule has 1 aromatic rings. The molecule has 1 spiro atoms. The smallest absolute Gasteiger partial charge is 0.219 e. The zero-order chi connectivity index (χ0) is 17.9. The predicted molar refractivity (Wildman–Crippen MR) is 99.0 cm³/mol. The number of carbonyl (C=O) groups excluding carboxylic acids is 1. The summed E-state index contributed by atoms with van der Waals surface area (Å²) in [7, 11) is 0. The van der Waals surface area contributed by atoms with Gasteiger partial charge in [-0.2, -0.15) is 0 Å². The van der Waals surface area contributed by atoms with E-state index in [1.54, 1.807) is 6.92 Å². The molecule has 3 N–H and O–H groups in total. The van der Waals surface area contributed by atoms with Gasteiger partial charge in [-0.1, -0.05) is 24.3 Å². The first-order valence-electron chi connectivity index (χ1n) is 9.43. The van der Waals surface area contributed by atoms with E-state index < -0.39 is 0 Å². The molecule has 3 rings (SSSR count). The molecule has 0 saturated carbocycles. The highest BCUT2D eigenvalue weighted by Crippen LogP contribution is 2.40. The minimum Gasteiger partial charge on any atom is -0.391 e. The van der Waals surface area contributed by atoms with Gasteiger partial charge in [0.05, 0.1) is 6.10 Å². The molecule has 2 heterocycles. The van der Waals surface area contributed by atoms with Crippen LogP contribution in [0.25, 0.3) is 0 Å². The molecule has 0 aliphatic carbocycles. The lowest BCUT2D eigenvalue weighted by atomic mass is 9.71. The van der Waals surface area contributed by atoms with E-state index in [1.165, 1.54) is 11.1 Å². The molecule has 25 heavy (non-hydrogen) atoms. The van der Waals surface area contributed by atoms with Crippen LogP contribution < -0.4 is 5.73 Å². The normalized spacial score (nSPS) is 23.8. The lowest BCUT2D eigenvalue weighted by Gasteiger charge is -2.49. The molecule has 0 aromatic heterocycles. The van der Waals surface area contributed by atoms with Crippen LogP contribution in [0.1, 0.15) is 37.3 Å². The van der Waals surface area contributed by atoms with Crippen molar-refractivity contribution in [3.63, 3.8) is 0 Å². The monoisotopic (exact) mass is 345 g/mol. The highest BCUT2D eigenvalue weighted by Gasteiger charge is 2.42. The fourth-order valence-electron chi connectivity index (χ4n) is 4.38. The summed E-state index contributed by atoms with van der Waals surface area (Å²) in [4.78, 5) is 16.1. The number of nitrogens with zero attached hydrogens (tertiary/aromatic N) is 2. The minimum absolute atomic E-state index is 0.0816. The van der Waals surface area contributed by atoms with Gasteiger partial charge in [0.2, 0.25) is 5.91 Å². The molecular formula is C20H31N3O2. The van der Waals surface area contributed by atoms with Crippen LogP contribution in [-0.4, -0.2) is 59.6 Å².